The van der Waals surface area contributed by atoms with E-state index in [0.29, 0.717) is 13.1 Å². The van der Waals surface area contributed by atoms with Gasteiger partial charge in [-0.1, -0.05) is 43.2 Å². The molecular weight excluding hydrogens is 252 g/mol. The molecule has 4 nitrogen and oxygen atoms in total. The van der Waals surface area contributed by atoms with Crippen LogP contribution in [0.15, 0.2) is 30.3 Å². The van der Waals surface area contributed by atoms with Gasteiger partial charge in [0.15, 0.2) is 0 Å². The summed E-state index contributed by atoms with van der Waals surface area (Å²) in [5.41, 5.74) is 6.57. The summed E-state index contributed by atoms with van der Waals surface area (Å²) in [7, 11) is 0. The molecule has 4 heteroatoms. The van der Waals surface area contributed by atoms with Crippen molar-refractivity contribution in [1.82, 2.24) is 5.32 Å². The summed E-state index contributed by atoms with van der Waals surface area (Å²) in [6, 6.07) is 9.60. The molecule has 1 fully saturated rings. The summed E-state index contributed by atoms with van der Waals surface area (Å²) in [5.74, 6) is -0.355. The fourth-order valence-electron chi connectivity index (χ4n) is 2.99. The van der Waals surface area contributed by atoms with Crippen LogP contribution >= 0.6 is 0 Å². The smallest absolute Gasteiger partial charge is 0.228 e. The van der Waals surface area contributed by atoms with Crippen molar-refractivity contribution >= 4 is 5.91 Å². The van der Waals surface area contributed by atoms with Crippen LogP contribution in [-0.2, 0) is 4.79 Å². The Bertz CT molecular complexity index is 427. The van der Waals surface area contributed by atoms with E-state index in [0.717, 1.165) is 31.2 Å². The van der Waals surface area contributed by atoms with Gasteiger partial charge in [0.2, 0.25) is 5.91 Å². The highest BCUT2D eigenvalue weighted by Gasteiger charge is 2.34. The van der Waals surface area contributed by atoms with Crippen molar-refractivity contribution in [3.05, 3.63) is 35.9 Å². The lowest BCUT2D eigenvalue weighted by Gasteiger charge is -2.27. The van der Waals surface area contributed by atoms with Crippen LogP contribution in [0, 0.1) is 5.41 Å². The number of amides is 1. The fourth-order valence-corrected chi connectivity index (χ4v) is 2.99. The average Bonchev–Trinajstić information content (AvgIpc) is 2.97. The maximum atomic E-state index is 12.3. The predicted molar refractivity (Wildman–Crippen MR) is 79.2 cm³/mol. The summed E-state index contributed by atoms with van der Waals surface area (Å²) >= 11 is 0. The minimum atomic E-state index is -0.312. The van der Waals surface area contributed by atoms with Crippen LogP contribution in [0.25, 0.3) is 0 Å². The lowest BCUT2D eigenvalue weighted by molar-refractivity contribution is -0.123. The quantitative estimate of drug-likeness (QED) is 0.735. The predicted octanol–water partition coefficient (Wildman–Crippen LogP) is 1.40. The first-order valence-corrected chi connectivity index (χ1v) is 7.34. The Labute approximate surface area is 120 Å². The molecule has 0 saturated heterocycles. The van der Waals surface area contributed by atoms with Gasteiger partial charge in [-0.05, 0) is 18.4 Å². The van der Waals surface area contributed by atoms with Gasteiger partial charge >= 0.3 is 0 Å². The van der Waals surface area contributed by atoms with Crippen molar-refractivity contribution in [1.29, 1.82) is 0 Å². The van der Waals surface area contributed by atoms with Gasteiger partial charge < -0.3 is 16.2 Å². The van der Waals surface area contributed by atoms with Gasteiger partial charge in [-0.25, -0.2) is 0 Å². The van der Waals surface area contributed by atoms with Crippen molar-refractivity contribution in [2.75, 3.05) is 19.7 Å². The number of aliphatic hydroxyl groups excluding tert-OH is 1. The molecule has 20 heavy (non-hydrogen) atoms. The van der Waals surface area contributed by atoms with Crippen LogP contribution in [0.1, 0.15) is 37.2 Å². The number of carbonyl (C=O) groups excluding carboxylic acids is 1. The minimum absolute atomic E-state index is 0.0431. The molecule has 1 unspecified atom stereocenters. The standard InChI is InChI=1S/C16H24N2O2/c17-10-14(13-6-2-1-3-7-13)15(20)18-11-16(12-19)8-4-5-9-16/h1-3,6-7,14,19H,4-5,8-12,17H2,(H,18,20). The van der Waals surface area contributed by atoms with Crippen molar-refractivity contribution in [3.8, 4) is 0 Å². The van der Waals surface area contributed by atoms with Crippen LogP contribution in [0.5, 0.6) is 0 Å². The van der Waals surface area contributed by atoms with Crippen LogP contribution in [-0.4, -0.2) is 30.7 Å². The van der Waals surface area contributed by atoms with E-state index in [1.165, 1.54) is 0 Å². The summed E-state index contributed by atoms with van der Waals surface area (Å²) < 4.78 is 0. The number of nitrogens with two attached hydrogens (primary N) is 1. The Kier molecular flexibility index (Phi) is 5.15. The molecule has 0 aliphatic heterocycles. The Morgan fingerprint density at radius 1 is 1.30 bits per heavy atom. The SMILES string of the molecule is NCC(C(=O)NCC1(CO)CCCC1)c1ccccc1. The minimum Gasteiger partial charge on any atom is -0.396 e. The number of carbonyl (C=O) groups is 1. The Morgan fingerprint density at radius 2 is 1.95 bits per heavy atom. The highest BCUT2D eigenvalue weighted by atomic mass is 16.3. The Morgan fingerprint density at radius 3 is 2.50 bits per heavy atom. The van der Waals surface area contributed by atoms with E-state index < -0.39 is 0 Å². The molecule has 1 aliphatic rings. The van der Waals surface area contributed by atoms with Gasteiger partial charge in [0.25, 0.3) is 0 Å². The average molecular weight is 276 g/mol. The molecule has 110 valence electrons. The van der Waals surface area contributed by atoms with E-state index in [2.05, 4.69) is 5.32 Å². The topological polar surface area (TPSA) is 75.4 Å². The van der Waals surface area contributed by atoms with E-state index in [1.54, 1.807) is 0 Å². The molecule has 1 saturated carbocycles. The largest absolute Gasteiger partial charge is 0.396 e. The number of benzene rings is 1. The van der Waals surface area contributed by atoms with Gasteiger partial charge in [0, 0.05) is 18.5 Å². The second kappa shape index (κ2) is 6.86. The highest BCUT2D eigenvalue weighted by molar-refractivity contribution is 5.83. The Hall–Kier alpha value is -1.39. The molecule has 4 N–H and O–H groups in total. The summed E-state index contributed by atoms with van der Waals surface area (Å²) in [4.78, 5) is 12.3. The fraction of sp³-hybridized carbons (Fsp3) is 0.562. The molecule has 0 radical (unpaired) electrons. The molecule has 1 aromatic carbocycles. The molecule has 0 spiro atoms. The molecule has 0 bridgehead atoms. The third-order valence-electron chi connectivity index (χ3n) is 4.39. The first kappa shape index (κ1) is 15.0. The molecule has 1 atom stereocenters. The molecule has 1 amide bonds. The van der Waals surface area contributed by atoms with Crippen molar-refractivity contribution in [2.24, 2.45) is 11.1 Å². The number of rotatable bonds is 6. The van der Waals surface area contributed by atoms with E-state index in [1.807, 2.05) is 30.3 Å². The third-order valence-corrected chi connectivity index (χ3v) is 4.39. The molecule has 1 aromatic rings. The zero-order valence-electron chi connectivity index (χ0n) is 11.8. The maximum absolute atomic E-state index is 12.3. The second-order valence-corrected chi connectivity index (χ2v) is 5.78. The molecule has 1 aliphatic carbocycles. The van der Waals surface area contributed by atoms with Gasteiger partial charge in [-0.3, -0.25) is 4.79 Å². The highest BCUT2D eigenvalue weighted by Crippen LogP contribution is 2.37. The number of nitrogens with one attached hydrogen (secondary N) is 1. The van der Waals surface area contributed by atoms with Crippen molar-refractivity contribution in [3.63, 3.8) is 0 Å². The zero-order valence-corrected chi connectivity index (χ0v) is 11.8. The third kappa shape index (κ3) is 3.38. The van der Waals surface area contributed by atoms with Crippen molar-refractivity contribution in [2.45, 2.75) is 31.6 Å². The normalized spacial score (nSPS) is 18.7. The number of hydrogen-bond donors (Lipinski definition) is 3. The van der Waals surface area contributed by atoms with Gasteiger partial charge in [0.1, 0.15) is 0 Å². The van der Waals surface area contributed by atoms with E-state index in [4.69, 9.17) is 5.73 Å². The van der Waals surface area contributed by atoms with E-state index >= 15 is 0 Å². The molecule has 0 aromatic heterocycles. The van der Waals surface area contributed by atoms with Crippen LogP contribution in [0.3, 0.4) is 0 Å². The lowest BCUT2D eigenvalue weighted by atomic mass is 9.87. The van der Waals surface area contributed by atoms with Crippen LogP contribution in [0.4, 0.5) is 0 Å². The van der Waals surface area contributed by atoms with Crippen LogP contribution in [0.2, 0.25) is 0 Å². The van der Waals surface area contributed by atoms with Crippen molar-refractivity contribution < 1.29 is 9.90 Å². The molecular formula is C16H24N2O2. The second-order valence-electron chi connectivity index (χ2n) is 5.78. The van der Waals surface area contributed by atoms with E-state index in [-0.39, 0.29) is 23.8 Å². The van der Waals surface area contributed by atoms with Gasteiger partial charge in [-0.15, -0.1) is 0 Å². The summed E-state index contributed by atoms with van der Waals surface area (Å²) in [5, 5.41) is 12.6. The van der Waals surface area contributed by atoms with Gasteiger partial charge in [0.05, 0.1) is 12.5 Å². The molecule has 0 heterocycles. The Balaban J connectivity index is 1.96. The number of aliphatic hydroxyl groups is 1. The monoisotopic (exact) mass is 276 g/mol. The van der Waals surface area contributed by atoms with E-state index in [9.17, 15) is 9.90 Å². The summed E-state index contributed by atoms with van der Waals surface area (Å²) in [6.45, 7) is 0.986. The number of hydrogen-bond acceptors (Lipinski definition) is 3. The zero-order chi connectivity index (χ0) is 14.4. The summed E-state index contributed by atoms with van der Waals surface area (Å²) in [6.07, 6.45) is 4.25. The first-order valence-electron chi connectivity index (χ1n) is 7.34. The van der Waals surface area contributed by atoms with Crippen LogP contribution < -0.4 is 11.1 Å². The maximum Gasteiger partial charge on any atom is 0.228 e. The van der Waals surface area contributed by atoms with Gasteiger partial charge in [-0.2, -0.15) is 0 Å². The first-order chi connectivity index (χ1) is 9.71. The lowest BCUT2D eigenvalue weighted by Crippen LogP contribution is -2.41. The molecule has 2 rings (SSSR count).